The Bertz CT molecular complexity index is 1530. The average Bonchev–Trinajstić information content (AvgIpc) is 2.94. The Morgan fingerprint density at radius 1 is 0.974 bits per heavy atom. The molecular weight excluding hydrogens is 472 g/mol. The average molecular weight is 505 g/mol. The van der Waals surface area contributed by atoms with Crippen molar-refractivity contribution in [1.82, 2.24) is 19.8 Å². The van der Waals surface area contributed by atoms with Crippen LogP contribution in [0.15, 0.2) is 67.0 Å². The van der Waals surface area contributed by atoms with Gasteiger partial charge in [0.05, 0.1) is 5.52 Å². The normalized spacial score (nSPS) is 14.1. The van der Waals surface area contributed by atoms with E-state index in [1.54, 1.807) is 6.33 Å². The topological polar surface area (TPSA) is 73.4 Å². The summed E-state index contributed by atoms with van der Waals surface area (Å²) in [6, 6.07) is 19.6. The van der Waals surface area contributed by atoms with E-state index in [2.05, 4.69) is 55.4 Å². The Hall–Kier alpha value is -4.25. The highest BCUT2D eigenvalue weighted by molar-refractivity contribution is 6.05. The minimum Gasteiger partial charge on any atom is -0.373 e. The number of nitrogens with zero attached hydrogens (tertiary/aromatic N) is 4. The lowest BCUT2D eigenvalue weighted by atomic mass is 10.0. The number of aromatic nitrogens is 2. The molecule has 3 aromatic carbocycles. The van der Waals surface area contributed by atoms with Gasteiger partial charge < -0.3 is 15.5 Å². The molecule has 1 saturated heterocycles. The van der Waals surface area contributed by atoms with E-state index in [1.165, 1.54) is 0 Å². The number of piperazine rings is 1. The van der Waals surface area contributed by atoms with Crippen molar-refractivity contribution >= 4 is 28.3 Å². The first kappa shape index (κ1) is 25.4. The van der Waals surface area contributed by atoms with E-state index in [-0.39, 0.29) is 5.91 Å². The standard InChI is InChI=1S/C31H32N6O/c1-22-8-11-25(19-24(22)12-9-23-10-13-27-29(18-23)33-21-34-30(27)32-2)31(38)35-28-7-5-4-6-26(28)20-37-16-14-36(3)15-17-37/h4-8,10-11,13,18-19,21H,14-17,20H2,1-3H3,(H,35,38)(H,32,33,34). The first-order valence-electron chi connectivity index (χ1n) is 12.9. The van der Waals surface area contributed by atoms with Crippen molar-refractivity contribution < 1.29 is 4.79 Å². The van der Waals surface area contributed by atoms with Gasteiger partial charge in [0.15, 0.2) is 0 Å². The van der Waals surface area contributed by atoms with E-state index in [4.69, 9.17) is 0 Å². The number of para-hydroxylation sites is 1. The number of fused-ring (bicyclic) bond motifs is 1. The van der Waals surface area contributed by atoms with Crippen LogP contribution in [0.5, 0.6) is 0 Å². The Kier molecular flexibility index (Phi) is 7.64. The van der Waals surface area contributed by atoms with Crippen LogP contribution in [0.1, 0.15) is 32.6 Å². The van der Waals surface area contributed by atoms with Crippen LogP contribution >= 0.6 is 0 Å². The van der Waals surface area contributed by atoms with Crippen LogP contribution in [0.25, 0.3) is 10.9 Å². The third-order valence-corrected chi connectivity index (χ3v) is 6.97. The van der Waals surface area contributed by atoms with Gasteiger partial charge in [-0.2, -0.15) is 0 Å². The molecule has 4 aromatic rings. The first-order chi connectivity index (χ1) is 18.5. The fourth-order valence-electron chi connectivity index (χ4n) is 4.59. The molecule has 7 heteroatoms. The van der Waals surface area contributed by atoms with Gasteiger partial charge in [-0.05, 0) is 61.5 Å². The molecule has 0 unspecified atom stereocenters. The number of benzene rings is 3. The van der Waals surface area contributed by atoms with Gasteiger partial charge >= 0.3 is 0 Å². The summed E-state index contributed by atoms with van der Waals surface area (Å²) in [5.74, 6) is 7.13. The van der Waals surface area contributed by atoms with Gasteiger partial charge in [0.25, 0.3) is 5.91 Å². The summed E-state index contributed by atoms with van der Waals surface area (Å²) >= 11 is 0. The van der Waals surface area contributed by atoms with Crippen molar-refractivity contribution in [3.63, 3.8) is 0 Å². The van der Waals surface area contributed by atoms with E-state index in [9.17, 15) is 4.79 Å². The number of rotatable bonds is 5. The zero-order chi connectivity index (χ0) is 26.5. The van der Waals surface area contributed by atoms with Crippen LogP contribution in [0.3, 0.4) is 0 Å². The van der Waals surface area contributed by atoms with E-state index in [0.717, 1.165) is 77.4 Å². The summed E-state index contributed by atoms with van der Waals surface area (Å²) in [7, 11) is 4.00. The minimum atomic E-state index is -0.138. The van der Waals surface area contributed by atoms with Crippen molar-refractivity contribution in [3.8, 4) is 11.8 Å². The van der Waals surface area contributed by atoms with Gasteiger partial charge in [-0.15, -0.1) is 0 Å². The van der Waals surface area contributed by atoms with Gasteiger partial charge in [-0.1, -0.05) is 36.1 Å². The second-order valence-corrected chi connectivity index (χ2v) is 9.67. The van der Waals surface area contributed by atoms with Crippen LogP contribution in [0, 0.1) is 18.8 Å². The lowest BCUT2D eigenvalue weighted by Gasteiger charge is -2.32. The van der Waals surface area contributed by atoms with Crippen LogP contribution in [0.4, 0.5) is 11.5 Å². The zero-order valence-corrected chi connectivity index (χ0v) is 22.1. The number of nitrogens with one attached hydrogen (secondary N) is 2. The summed E-state index contributed by atoms with van der Waals surface area (Å²) in [5, 5.41) is 7.16. The maximum absolute atomic E-state index is 13.2. The number of anilines is 2. The second-order valence-electron chi connectivity index (χ2n) is 9.67. The molecule has 0 spiro atoms. The Morgan fingerprint density at radius 3 is 2.61 bits per heavy atom. The molecule has 0 bridgehead atoms. The van der Waals surface area contributed by atoms with E-state index in [1.807, 2.05) is 68.6 Å². The monoisotopic (exact) mass is 504 g/mol. The van der Waals surface area contributed by atoms with Crippen LogP contribution in [-0.4, -0.2) is 65.9 Å². The molecule has 192 valence electrons. The Balaban J connectivity index is 1.33. The summed E-state index contributed by atoms with van der Waals surface area (Å²) < 4.78 is 0. The quantitative estimate of drug-likeness (QED) is 0.393. The molecule has 2 N–H and O–H groups in total. The fourth-order valence-corrected chi connectivity index (χ4v) is 4.59. The van der Waals surface area contributed by atoms with Crippen LogP contribution in [0.2, 0.25) is 0 Å². The van der Waals surface area contributed by atoms with Gasteiger partial charge in [0.1, 0.15) is 12.1 Å². The third kappa shape index (κ3) is 5.83. The maximum Gasteiger partial charge on any atom is 0.255 e. The highest BCUT2D eigenvalue weighted by Crippen LogP contribution is 2.21. The van der Waals surface area contributed by atoms with E-state index in [0.29, 0.717) is 5.56 Å². The lowest BCUT2D eigenvalue weighted by Crippen LogP contribution is -2.43. The van der Waals surface area contributed by atoms with Gasteiger partial charge in [-0.25, -0.2) is 9.97 Å². The number of carbonyl (C=O) groups excluding carboxylic acids is 1. The maximum atomic E-state index is 13.2. The molecule has 2 heterocycles. The molecule has 5 rings (SSSR count). The van der Waals surface area contributed by atoms with Crippen molar-refractivity contribution in [2.75, 3.05) is 50.9 Å². The molecule has 1 aliphatic rings. The van der Waals surface area contributed by atoms with E-state index < -0.39 is 0 Å². The van der Waals surface area contributed by atoms with Crippen molar-refractivity contribution in [2.45, 2.75) is 13.5 Å². The molecule has 0 aliphatic carbocycles. The summed E-state index contributed by atoms with van der Waals surface area (Å²) in [5.41, 5.74) is 6.08. The smallest absolute Gasteiger partial charge is 0.255 e. The zero-order valence-electron chi connectivity index (χ0n) is 22.1. The number of carbonyl (C=O) groups is 1. The number of amides is 1. The van der Waals surface area contributed by atoms with Crippen molar-refractivity contribution in [3.05, 3.63) is 94.8 Å². The molecule has 1 amide bonds. The SMILES string of the molecule is CNc1ncnc2cc(C#Cc3cc(C(=O)Nc4ccccc4CN4CCN(C)CC4)ccc3C)ccc12. The fraction of sp³-hybridized carbons (Fsp3) is 0.258. The highest BCUT2D eigenvalue weighted by Gasteiger charge is 2.16. The van der Waals surface area contributed by atoms with Gasteiger partial charge in [0.2, 0.25) is 0 Å². The Labute approximate surface area is 223 Å². The van der Waals surface area contributed by atoms with Gasteiger partial charge in [0, 0.05) is 67.5 Å². The van der Waals surface area contributed by atoms with E-state index >= 15 is 0 Å². The molecule has 0 saturated carbocycles. The summed E-state index contributed by atoms with van der Waals surface area (Å²) in [6.07, 6.45) is 1.54. The molecule has 0 radical (unpaired) electrons. The minimum absolute atomic E-state index is 0.138. The molecule has 1 aliphatic heterocycles. The predicted octanol–water partition coefficient (Wildman–Crippen LogP) is 4.38. The molecule has 0 atom stereocenters. The number of hydrogen-bond acceptors (Lipinski definition) is 6. The van der Waals surface area contributed by atoms with Crippen molar-refractivity contribution in [1.29, 1.82) is 0 Å². The number of hydrogen-bond donors (Lipinski definition) is 2. The number of aryl methyl sites for hydroxylation is 1. The summed E-state index contributed by atoms with van der Waals surface area (Å²) in [4.78, 5) is 26.6. The molecular formula is C31H32N6O. The summed E-state index contributed by atoms with van der Waals surface area (Å²) in [6.45, 7) is 7.00. The second kappa shape index (κ2) is 11.4. The van der Waals surface area contributed by atoms with Crippen LogP contribution < -0.4 is 10.6 Å². The molecule has 7 nitrogen and oxygen atoms in total. The van der Waals surface area contributed by atoms with Gasteiger partial charge in [-0.3, -0.25) is 9.69 Å². The van der Waals surface area contributed by atoms with Crippen molar-refractivity contribution in [2.24, 2.45) is 0 Å². The largest absolute Gasteiger partial charge is 0.373 e. The predicted molar refractivity (Wildman–Crippen MR) is 153 cm³/mol. The molecule has 1 aromatic heterocycles. The molecule has 38 heavy (non-hydrogen) atoms. The molecule has 1 fully saturated rings. The number of likely N-dealkylation sites (N-methyl/N-ethyl adjacent to an activating group) is 1. The first-order valence-corrected chi connectivity index (χ1v) is 12.9. The highest BCUT2D eigenvalue weighted by atomic mass is 16.1. The lowest BCUT2D eigenvalue weighted by molar-refractivity contribution is 0.102. The third-order valence-electron chi connectivity index (χ3n) is 6.97. The van der Waals surface area contributed by atoms with Crippen LogP contribution in [-0.2, 0) is 6.54 Å². The Morgan fingerprint density at radius 2 is 1.79 bits per heavy atom.